The number of nitrogens with zero attached hydrogens (tertiary/aromatic N) is 8. The molecule has 0 saturated heterocycles. The van der Waals surface area contributed by atoms with E-state index in [9.17, 15) is 5.11 Å². The Labute approximate surface area is 367 Å². The second-order valence-corrected chi connectivity index (χ2v) is 21.6. The summed E-state index contributed by atoms with van der Waals surface area (Å²) in [5.41, 5.74) is 5.18. The number of hydrogen-bond acceptors (Lipinski definition) is 10. The van der Waals surface area contributed by atoms with Gasteiger partial charge in [0.05, 0.1) is 60.5 Å². The lowest BCUT2D eigenvalue weighted by molar-refractivity contribution is 0.148. The highest BCUT2D eigenvalue weighted by Gasteiger charge is 2.41. The maximum atomic E-state index is 10.2. The molecule has 0 saturated carbocycles. The van der Waals surface area contributed by atoms with Crippen LogP contribution in [0.2, 0.25) is 28.2 Å². The highest BCUT2D eigenvalue weighted by molar-refractivity contribution is 6.74. The Morgan fingerprint density at radius 1 is 0.705 bits per heavy atom. The van der Waals surface area contributed by atoms with Gasteiger partial charge in [-0.2, -0.15) is 10.5 Å². The van der Waals surface area contributed by atoms with Crippen LogP contribution in [0.25, 0.3) is 32.6 Å². The maximum absolute atomic E-state index is 10.2. The van der Waals surface area contributed by atoms with Gasteiger partial charge >= 0.3 is 0 Å². The van der Waals surface area contributed by atoms with Gasteiger partial charge in [-0.15, -0.1) is 20.4 Å². The van der Waals surface area contributed by atoms with Crippen LogP contribution in [-0.2, 0) is 17.3 Å². The van der Waals surface area contributed by atoms with Gasteiger partial charge in [0.25, 0.3) is 0 Å². The first-order valence-corrected chi connectivity index (χ1v) is 23.0. The van der Waals surface area contributed by atoms with E-state index < -0.39 is 20.3 Å². The van der Waals surface area contributed by atoms with Gasteiger partial charge in [0.1, 0.15) is 0 Å². The molecule has 15 heteroatoms. The summed E-state index contributed by atoms with van der Waals surface area (Å²) < 4.78 is 18.6. The molecule has 1 N–H and O–H groups in total. The topological polar surface area (TPSA) is 164 Å². The van der Waals surface area contributed by atoms with E-state index in [0.717, 1.165) is 16.7 Å². The third-order valence-corrected chi connectivity index (χ3v) is 15.8. The number of aliphatic hydroxyl groups is 1. The molecule has 6 rings (SSSR count). The van der Waals surface area contributed by atoms with E-state index in [1.165, 1.54) is 0 Å². The fraction of sp³-hybridized carbons (Fsp3) is 0.304. The number of benzene rings is 4. The van der Waals surface area contributed by atoms with E-state index in [2.05, 4.69) is 76.1 Å². The van der Waals surface area contributed by atoms with Crippen molar-refractivity contribution in [3.8, 4) is 35.0 Å². The molecular formula is C46H44Cl2N8O4Si. The van der Waals surface area contributed by atoms with Crippen LogP contribution in [0.1, 0.15) is 80.5 Å². The summed E-state index contributed by atoms with van der Waals surface area (Å²) in [5, 5.41) is 45.7. The van der Waals surface area contributed by atoms with Crippen LogP contribution in [0.3, 0.4) is 0 Å². The molecule has 0 radical (unpaired) electrons. The van der Waals surface area contributed by atoms with E-state index in [1.807, 2.05) is 19.1 Å². The van der Waals surface area contributed by atoms with Gasteiger partial charge in [0.2, 0.25) is 34.9 Å². The number of aromatic nitrogens is 4. The summed E-state index contributed by atoms with van der Waals surface area (Å²) in [7, 11) is -2.06. The van der Waals surface area contributed by atoms with Gasteiger partial charge in [0.15, 0.2) is 8.32 Å². The number of rotatable bonds is 12. The minimum Gasteiger partial charge on any atom is -0.420 e. The van der Waals surface area contributed by atoms with Crippen LogP contribution >= 0.6 is 23.2 Å². The van der Waals surface area contributed by atoms with Gasteiger partial charge in [-0.1, -0.05) is 80.4 Å². The first-order chi connectivity index (χ1) is 29.0. The van der Waals surface area contributed by atoms with Gasteiger partial charge in [0, 0.05) is 21.2 Å². The molecule has 0 aliphatic carbocycles. The predicted octanol–water partition coefficient (Wildman–Crippen LogP) is 12.1. The number of nitriles is 2. The average molecular weight is 872 g/mol. The maximum Gasteiger partial charge on any atom is 0.247 e. The van der Waals surface area contributed by atoms with Crippen molar-refractivity contribution in [1.82, 2.24) is 20.4 Å². The molecule has 4 atom stereocenters. The molecule has 0 spiro atoms. The summed E-state index contributed by atoms with van der Waals surface area (Å²) >= 11 is 12.4. The molecule has 4 aromatic carbocycles. The van der Waals surface area contributed by atoms with Crippen molar-refractivity contribution in [1.29, 1.82) is 10.5 Å². The van der Waals surface area contributed by atoms with Crippen LogP contribution in [-0.4, -0.2) is 46.0 Å². The fourth-order valence-electron chi connectivity index (χ4n) is 6.06. The molecule has 310 valence electrons. The van der Waals surface area contributed by atoms with Crippen molar-refractivity contribution >= 4 is 42.9 Å². The summed E-state index contributed by atoms with van der Waals surface area (Å²) in [4.78, 5) is 6.79. The Hall–Kier alpha value is -6.16. The second-order valence-electron chi connectivity index (χ2n) is 16.0. The first kappa shape index (κ1) is 45.9. The van der Waals surface area contributed by atoms with Gasteiger partial charge in [-0.25, -0.2) is 9.69 Å². The van der Waals surface area contributed by atoms with Crippen molar-refractivity contribution in [2.24, 2.45) is 0 Å². The van der Waals surface area contributed by atoms with E-state index in [4.69, 9.17) is 60.1 Å². The van der Waals surface area contributed by atoms with Crippen molar-refractivity contribution in [2.45, 2.75) is 89.6 Å². The zero-order valence-electron chi connectivity index (χ0n) is 34.8. The fourth-order valence-corrected chi connectivity index (χ4v) is 8.00. The van der Waals surface area contributed by atoms with Gasteiger partial charge < -0.3 is 18.4 Å². The normalized spacial score (nSPS) is 13.3. The second kappa shape index (κ2) is 19.9. The summed E-state index contributed by atoms with van der Waals surface area (Å²) in [5.74, 6) is 0.890. The number of hydrogen-bond donors (Lipinski definition) is 1. The molecule has 0 amide bonds. The first-order valence-electron chi connectivity index (χ1n) is 19.3. The lowest BCUT2D eigenvalue weighted by atomic mass is 9.94. The molecule has 0 aliphatic rings. The Bertz CT molecular complexity index is 2630. The SMILES string of the molecule is [C-]#[N+]c1ccc(C[C@@H](c2nnc(-c3ccc(C#N)cc3)o2)[C@@H](C)O)cc1Cl.[C-]#[N+]c1ccc(C[C@@H](c2nnc(-c3ccc(C#N)cc3)o2)[C@@H](C)O[Si](C)(C)C(C)(C)C)cc1Cl. The third kappa shape index (κ3) is 11.6. The number of halogens is 2. The summed E-state index contributed by atoms with van der Waals surface area (Å²) in [6.45, 7) is 29.1. The smallest absolute Gasteiger partial charge is 0.247 e. The summed E-state index contributed by atoms with van der Waals surface area (Å²) in [6, 6.07) is 28.6. The lowest BCUT2D eigenvalue weighted by Gasteiger charge is -2.40. The Kier molecular flexibility index (Phi) is 15.0. The van der Waals surface area contributed by atoms with Gasteiger partial charge in [-0.05, 0) is 104 Å². The lowest BCUT2D eigenvalue weighted by Crippen LogP contribution is -2.44. The molecule has 2 heterocycles. The molecule has 6 aromatic rings. The Morgan fingerprint density at radius 3 is 1.48 bits per heavy atom. The Balaban J connectivity index is 0.000000237. The Morgan fingerprint density at radius 2 is 1.11 bits per heavy atom. The highest BCUT2D eigenvalue weighted by Crippen LogP contribution is 2.40. The van der Waals surface area contributed by atoms with Crippen molar-refractivity contribution < 1.29 is 18.4 Å². The minimum atomic E-state index is -2.06. The number of aliphatic hydroxyl groups excluding tert-OH is 1. The molecule has 0 aliphatic heterocycles. The minimum absolute atomic E-state index is 0.0505. The molecular weight excluding hydrogens is 828 g/mol. The molecule has 0 fully saturated rings. The van der Waals surface area contributed by atoms with Crippen LogP contribution in [0, 0.1) is 35.8 Å². The van der Waals surface area contributed by atoms with Crippen molar-refractivity contribution in [3.05, 3.63) is 152 Å². The van der Waals surface area contributed by atoms with Crippen molar-refractivity contribution in [2.75, 3.05) is 0 Å². The molecule has 0 unspecified atom stereocenters. The van der Waals surface area contributed by atoms with E-state index in [0.29, 0.717) is 74.5 Å². The van der Waals surface area contributed by atoms with E-state index >= 15 is 0 Å². The van der Waals surface area contributed by atoms with Crippen LogP contribution in [0.5, 0.6) is 0 Å². The van der Waals surface area contributed by atoms with Crippen molar-refractivity contribution in [3.63, 3.8) is 0 Å². The average Bonchev–Trinajstić information content (AvgIpc) is 3.93. The standard InChI is InChI=1S/C26H29ClN4O2Si.C20H15ClN4O2/c1-17(33-34(6,7)26(2,3)4)21(14-19-10-13-23(29-5)22(27)15-19)25-31-30-24(32-25)20-11-8-18(16-28)9-12-20;1-12(26)16(9-14-5-8-18(23-2)17(21)10-14)20-25-24-19(27-20)15-6-3-13(11-22)4-7-15/h8-13,15,17,21H,14H2,1-4,6-7H3;3-8,10,12,16,26H,9H2,1H3/t17-,21-;12-,16-/m11/s1. The third-order valence-electron chi connectivity index (χ3n) is 10.6. The van der Waals surface area contributed by atoms with Gasteiger partial charge in [-0.3, -0.25) is 0 Å². The van der Waals surface area contributed by atoms with Crippen LogP contribution in [0.4, 0.5) is 11.4 Å². The zero-order valence-corrected chi connectivity index (χ0v) is 37.3. The largest absolute Gasteiger partial charge is 0.420 e. The highest BCUT2D eigenvalue weighted by atomic mass is 35.5. The molecule has 2 aromatic heterocycles. The zero-order chi connectivity index (χ0) is 44.5. The monoisotopic (exact) mass is 870 g/mol. The van der Waals surface area contributed by atoms with E-state index in [1.54, 1.807) is 79.7 Å². The molecule has 12 nitrogen and oxygen atoms in total. The molecule has 61 heavy (non-hydrogen) atoms. The predicted molar refractivity (Wildman–Crippen MR) is 237 cm³/mol. The van der Waals surface area contributed by atoms with Crippen LogP contribution in [0.15, 0.2) is 93.8 Å². The van der Waals surface area contributed by atoms with E-state index in [-0.39, 0.29) is 17.1 Å². The van der Waals surface area contributed by atoms with Crippen LogP contribution < -0.4 is 0 Å². The summed E-state index contributed by atoms with van der Waals surface area (Å²) in [6.07, 6.45) is 0.0982. The quantitative estimate of drug-likeness (QED) is 0.0924. The molecule has 0 bridgehead atoms.